The Labute approximate surface area is 84.6 Å². The van der Waals surface area contributed by atoms with E-state index in [2.05, 4.69) is 5.32 Å². The van der Waals surface area contributed by atoms with E-state index < -0.39 is 0 Å². The van der Waals surface area contributed by atoms with Crippen molar-refractivity contribution in [3.8, 4) is 0 Å². The van der Waals surface area contributed by atoms with Crippen molar-refractivity contribution in [3.63, 3.8) is 0 Å². The molecule has 0 heterocycles. The van der Waals surface area contributed by atoms with Crippen molar-refractivity contribution in [2.45, 2.75) is 44.8 Å². The Morgan fingerprint density at radius 2 is 2.36 bits per heavy atom. The molecule has 0 aromatic heterocycles. The number of aliphatic hydroxyl groups is 1. The molecule has 14 heavy (non-hydrogen) atoms. The van der Waals surface area contributed by atoms with Crippen LogP contribution in [0.5, 0.6) is 0 Å². The SMILES string of the molecule is CCOCC(=O)N[C@@H]1CCC[C@H](O)C1. The van der Waals surface area contributed by atoms with Gasteiger partial charge in [-0.3, -0.25) is 4.79 Å². The van der Waals surface area contributed by atoms with Gasteiger partial charge in [0, 0.05) is 12.6 Å². The number of rotatable bonds is 4. The Morgan fingerprint density at radius 1 is 1.57 bits per heavy atom. The van der Waals surface area contributed by atoms with Gasteiger partial charge in [-0.25, -0.2) is 0 Å². The molecule has 1 fully saturated rings. The van der Waals surface area contributed by atoms with E-state index in [0.29, 0.717) is 13.0 Å². The molecule has 0 spiro atoms. The average molecular weight is 201 g/mol. The molecule has 1 amide bonds. The van der Waals surface area contributed by atoms with Crippen molar-refractivity contribution in [3.05, 3.63) is 0 Å². The lowest BCUT2D eigenvalue weighted by Gasteiger charge is -2.26. The van der Waals surface area contributed by atoms with E-state index in [4.69, 9.17) is 4.74 Å². The quantitative estimate of drug-likeness (QED) is 0.694. The maximum Gasteiger partial charge on any atom is 0.246 e. The molecule has 0 aromatic rings. The predicted octanol–water partition coefficient (Wildman–Crippen LogP) is 0.443. The smallest absolute Gasteiger partial charge is 0.246 e. The number of amides is 1. The minimum atomic E-state index is -0.249. The molecule has 0 aromatic carbocycles. The zero-order chi connectivity index (χ0) is 10.4. The lowest BCUT2D eigenvalue weighted by atomic mass is 9.93. The number of ether oxygens (including phenoxy) is 1. The normalized spacial score (nSPS) is 27.3. The van der Waals surface area contributed by atoms with Crippen LogP contribution in [-0.4, -0.2) is 36.4 Å². The molecule has 4 heteroatoms. The first-order valence-corrected chi connectivity index (χ1v) is 5.27. The first-order chi connectivity index (χ1) is 6.72. The summed E-state index contributed by atoms with van der Waals surface area (Å²) in [6.45, 7) is 2.54. The zero-order valence-corrected chi connectivity index (χ0v) is 8.66. The molecule has 4 nitrogen and oxygen atoms in total. The second-order valence-electron chi connectivity index (χ2n) is 3.72. The first kappa shape index (κ1) is 11.5. The van der Waals surface area contributed by atoms with Gasteiger partial charge in [0.05, 0.1) is 6.10 Å². The molecule has 1 saturated carbocycles. The van der Waals surface area contributed by atoms with Crippen molar-refractivity contribution in [2.75, 3.05) is 13.2 Å². The van der Waals surface area contributed by atoms with E-state index >= 15 is 0 Å². The van der Waals surface area contributed by atoms with Crippen molar-refractivity contribution in [1.82, 2.24) is 5.32 Å². The first-order valence-electron chi connectivity index (χ1n) is 5.27. The van der Waals surface area contributed by atoms with Gasteiger partial charge in [0.15, 0.2) is 0 Å². The standard InChI is InChI=1S/C10H19NO3/c1-2-14-7-10(13)11-8-4-3-5-9(12)6-8/h8-9,12H,2-7H2,1H3,(H,11,13)/t8-,9+/m1/s1. The monoisotopic (exact) mass is 201 g/mol. The van der Waals surface area contributed by atoms with Crippen LogP contribution in [0, 0.1) is 0 Å². The van der Waals surface area contributed by atoms with Gasteiger partial charge in [-0.05, 0) is 32.6 Å². The minimum absolute atomic E-state index is 0.0778. The third-order valence-corrected chi connectivity index (χ3v) is 2.45. The topological polar surface area (TPSA) is 58.6 Å². The maximum atomic E-state index is 11.3. The van der Waals surface area contributed by atoms with Crippen LogP contribution in [0.1, 0.15) is 32.6 Å². The molecule has 0 unspecified atom stereocenters. The molecule has 82 valence electrons. The fourth-order valence-corrected chi connectivity index (χ4v) is 1.76. The highest BCUT2D eigenvalue weighted by molar-refractivity contribution is 5.77. The number of nitrogens with one attached hydrogen (secondary N) is 1. The molecule has 0 aliphatic heterocycles. The number of hydrogen-bond acceptors (Lipinski definition) is 3. The number of hydrogen-bond donors (Lipinski definition) is 2. The van der Waals surface area contributed by atoms with Gasteiger partial charge in [-0.15, -0.1) is 0 Å². The molecular formula is C10H19NO3. The van der Waals surface area contributed by atoms with Crippen LogP contribution < -0.4 is 5.32 Å². The van der Waals surface area contributed by atoms with Gasteiger partial charge < -0.3 is 15.2 Å². The van der Waals surface area contributed by atoms with Gasteiger partial charge in [-0.1, -0.05) is 0 Å². The highest BCUT2D eigenvalue weighted by Gasteiger charge is 2.21. The Kier molecular flexibility index (Phi) is 4.90. The highest BCUT2D eigenvalue weighted by Crippen LogP contribution is 2.17. The van der Waals surface area contributed by atoms with E-state index in [1.54, 1.807) is 0 Å². The Morgan fingerprint density at radius 3 is 3.00 bits per heavy atom. The van der Waals surface area contributed by atoms with Crippen molar-refractivity contribution in [2.24, 2.45) is 0 Å². The predicted molar refractivity (Wildman–Crippen MR) is 52.9 cm³/mol. The molecule has 2 atom stereocenters. The van der Waals surface area contributed by atoms with E-state index in [9.17, 15) is 9.90 Å². The van der Waals surface area contributed by atoms with Gasteiger partial charge in [0.1, 0.15) is 6.61 Å². The molecule has 0 radical (unpaired) electrons. The average Bonchev–Trinajstić information content (AvgIpc) is 2.15. The van der Waals surface area contributed by atoms with Crippen LogP contribution in [-0.2, 0) is 9.53 Å². The zero-order valence-electron chi connectivity index (χ0n) is 8.66. The van der Waals surface area contributed by atoms with Crippen LogP contribution in [0.2, 0.25) is 0 Å². The van der Waals surface area contributed by atoms with E-state index in [1.807, 2.05) is 6.92 Å². The van der Waals surface area contributed by atoms with Crippen molar-refractivity contribution in [1.29, 1.82) is 0 Å². The van der Waals surface area contributed by atoms with Gasteiger partial charge in [0.25, 0.3) is 0 Å². The number of carbonyl (C=O) groups excluding carboxylic acids is 1. The molecule has 1 aliphatic rings. The second-order valence-corrected chi connectivity index (χ2v) is 3.72. The van der Waals surface area contributed by atoms with Gasteiger partial charge >= 0.3 is 0 Å². The summed E-state index contributed by atoms with van der Waals surface area (Å²) in [5.41, 5.74) is 0. The third-order valence-electron chi connectivity index (χ3n) is 2.45. The van der Waals surface area contributed by atoms with Crippen LogP contribution in [0.15, 0.2) is 0 Å². The summed E-state index contributed by atoms with van der Waals surface area (Å²) in [7, 11) is 0. The van der Waals surface area contributed by atoms with E-state index in [0.717, 1.165) is 19.3 Å². The molecular weight excluding hydrogens is 182 g/mol. The van der Waals surface area contributed by atoms with Gasteiger partial charge in [-0.2, -0.15) is 0 Å². The fraction of sp³-hybridized carbons (Fsp3) is 0.900. The fourth-order valence-electron chi connectivity index (χ4n) is 1.76. The van der Waals surface area contributed by atoms with Crippen LogP contribution in [0.3, 0.4) is 0 Å². The lowest BCUT2D eigenvalue weighted by molar-refractivity contribution is -0.126. The summed E-state index contributed by atoms with van der Waals surface area (Å²) in [5.74, 6) is -0.0778. The number of carbonyl (C=O) groups is 1. The van der Waals surface area contributed by atoms with E-state index in [-0.39, 0.29) is 24.7 Å². The van der Waals surface area contributed by atoms with Crippen LogP contribution >= 0.6 is 0 Å². The molecule has 1 rings (SSSR count). The number of aliphatic hydroxyl groups excluding tert-OH is 1. The molecule has 1 aliphatic carbocycles. The highest BCUT2D eigenvalue weighted by atomic mass is 16.5. The summed E-state index contributed by atoms with van der Waals surface area (Å²) in [5, 5.41) is 12.2. The molecule has 0 saturated heterocycles. The third kappa shape index (κ3) is 4.07. The molecule has 0 bridgehead atoms. The maximum absolute atomic E-state index is 11.3. The summed E-state index contributed by atoms with van der Waals surface area (Å²) in [6.07, 6.45) is 3.24. The largest absolute Gasteiger partial charge is 0.393 e. The van der Waals surface area contributed by atoms with Gasteiger partial charge in [0.2, 0.25) is 5.91 Å². The Hall–Kier alpha value is -0.610. The van der Waals surface area contributed by atoms with Crippen LogP contribution in [0.25, 0.3) is 0 Å². The Balaban J connectivity index is 2.18. The summed E-state index contributed by atoms with van der Waals surface area (Å²) in [6, 6.07) is 0.131. The van der Waals surface area contributed by atoms with E-state index in [1.165, 1.54) is 0 Å². The summed E-state index contributed by atoms with van der Waals surface area (Å²) >= 11 is 0. The van der Waals surface area contributed by atoms with Crippen molar-refractivity contribution < 1.29 is 14.6 Å². The lowest BCUT2D eigenvalue weighted by Crippen LogP contribution is -2.41. The minimum Gasteiger partial charge on any atom is -0.393 e. The summed E-state index contributed by atoms with van der Waals surface area (Å²) in [4.78, 5) is 11.3. The second kappa shape index (κ2) is 5.98. The van der Waals surface area contributed by atoms with Crippen molar-refractivity contribution >= 4 is 5.91 Å². The summed E-state index contributed by atoms with van der Waals surface area (Å²) < 4.78 is 4.99. The molecule has 2 N–H and O–H groups in total. The Bertz CT molecular complexity index is 184. The van der Waals surface area contributed by atoms with Crippen LogP contribution in [0.4, 0.5) is 0 Å².